The van der Waals surface area contributed by atoms with Crippen molar-refractivity contribution in [1.29, 1.82) is 0 Å². The van der Waals surface area contributed by atoms with Crippen molar-refractivity contribution in [2.75, 3.05) is 5.75 Å². The molecule has 0 saturated carbocycles. The van der Waals surface area contributed by atoms with Crippen LogP contribution in [0.25, 0.3) is 10.2 Å². The van der Waals surface area contributed by atoms with Crippen molar-refractivity contribution < 1.29 is 9.21 Å². The summed E-state index contributed by atoms with van der Waals surface area (Å²) >= 11 is 3.27. The molecular weight excluding hydrogens is 354 g/mol. The average Bonchev–Trinajstić information content (AvgIpc) is 3.24. The number of hydrogen-bond acceptors (Lipinski definition) is 6. The van der Waals surface area contributed by atoms with Crippen LogP contribution in [0.4, 0.5) is 0 Å². The maximum absolute atomic E-state index is 12.1. The molecular formula is C18H19N3O2S2. The summed E-state index contributed by atoms with van der Waals surface area (Å²) in [7, 11) is 0. The number of amides is 1. The fourth-order valence-electron chi connectivity index (χ4n) is 3.14. The van der Waals surface area contributed by atoms with Crippen molar-refractivity contribution in [3.63, 3.8) is 0 Å². The Labute approximate surface area is 154 Å². The second-order valence-corrected chi connectivity index (χ2v) is 8.40. The molecule has 7 heteroatoms. The Bertz CT molecular complexity index is 889. The predicted octanol–water partition coefficient (Wildman–Crippen LogP) is 3.82. The van der Waals surface area contributed by atoms with Gasteiger partial charge in [0.1, 0.15) is 21.9 Å². The van der Waals surface area contributed by atoms with Gasteiger partial charge in [-0.25, -0.2) is 9.97 Å². The fraction of sp³-hybridized carbons (Fsp3) is 0.389. The van der Waals surface area contributed by atoms with Crippen LogP contribution in [-0.2, 0) is 24.2 Å². The van der Waals surface area contributed by atoms with Crippen molar-refractivity contribution >= 4 is 39.2 Å². The minimum atomic E-state index is -0.0223. The van der Waals surface area contributed by atoms with Gasteiger partial charge in [0.15, 0.2) is 0 Å². The first-order valence-corrected chi connectivity index (χ1v) is 10.2. The number of thiophene rings is 1. The Kier molecular flexibility index (Phi) is 4.76. The number of carbonyl (C=O) groups is 1. The zero-order chi connectivity index (χ0) is 17.2. The topological polar surface area (TPSA) is 68.0 Å². The number of nitrogens with zero attached hydrogens (tertiary/aromatic N) is 2. The molecule has 1 aliphatic rings. The Balaban J connectivity index is 1.47. The largest absolute Gasteiger partial charge is 0.467 e. The molecule has 1 atom stereocenters. The van der Waals surface area contributed by atoms with Gasteiger partial charge in [0.05, 0.1) is 18.6 Å². The minimum absolute atomic E-state index is 0.0223. The van der Waals surface area contributed by atoms with Crippen molar-refractivity contribution in [2.45, 2.75) is 37.8 Å². The molecule has 0 saturated heterocycles. The summed E-state index contributed by atoms with van der Waals surface area (Å²) in [5.74, 6) is 1.81. The van der Waals surface area contributed by atoms with Gasteiger partial charge in [-0.15, -0.1) is 11.3 Å². The number of aromatic nitrogens is 2. The number of fused-ring (bicyclic) bond motifs is 3. The average molecular weight is 374 g/mol. The van der Waals surface area contributed by atoms with Crippen LogP contribution in [0.3, 0.4) is 0 Å². The lowest BCUT2D eigenvalue weighted by Gasteiger charge is -2.18. The number of aryl methyl sites for hydroxylation is 1. The van der Waals surface area contributed by atoms with Gasteiger partial charge in [-0.05, 0) is 42.9 Å². The molecule has 1 amide bonds. The quantitative estimate of drug-likeness (QED) is 0.544. The van der Waals surface area contributed by atoms with E-state index in [9.17, 15) is 4.79 Å². The molecule has 0 spiro atoms. The molecule has 3 aromatic rings. The molecule has 130 valence electrons. The molecule has 0 radical (unpaired) electrons. The third-order valence-corrected chi connectivity index (χ3v) is 6.59. The monoisotopic (exact) mass is 373 g/mol. The summed E-state index contributed by atoms with van der Waals surface area (Å²) in [6.07, 6.45) is 6.64. The number of nitrogens with one attached hydrogen (secondary N) is 1. The highest BCUT2D eigenvalue weighted by atomic mass is 32.2. The van der Waals surface area contributed by atoms with E-state index in [1.54, 1.807) is 23.9 Å². The standard InChI is InChI=1S/C18H19N3O2S2/c1-11-4-5-13-14(7-11)25-18-16(13)17(20-10-21-18)24-9-15(22)19-8-12-3-2-6-23-12/h2-3,6,10-11H,4-5,7-9H2,1H3,(H,19,22)/t11-/m1/s1. The first kappa shape index (κ1) is 16.6. The van der Waals surface area contributed by atoms with Gasteiger partial charge in [0, 0.05) is 10.3 Å². The van der Waals surface area contributed by atoms with E-state index in [-0.39, 0.29) is 5.91 Å². The summed E-state index contributed by atoms with van der Waals surface area (Å²) in [4.78, 5) is 23.5. The smallest absolute Gasteiger partial charge is 0.230 e. The molecule has 1 aliphatic carbocycles. The second kappa shape index (κ2) is 7.17. The lowest BCUT2D eigenvalue weighted by Crippen LogP contribution is -2.24. The number of rotatable bonds is 5. The van der Waals surface area contributed by atoms with E-state index in [0.717, 1.165) is 34.4 Å². The summed E-state index contributed by atoms with van der Waals surface area (Å²) in [6.45, 7) is 2.72. The zero-order valence-corrected chi connectivity index (χ0v) is 15.6. The van der Waals surface area contributed by atoms with E-state index >= 15 is 0 Å². The Morgan fingerprint density at radius 3 is 3.24 bits per heavy atom. The highest BCUT2D eigenvalue weighted by molar-refractivity contribution is 8.00. The molecule has 0 aromatic carbocycles. The number of hydrogen-bond donors (Lipinski definition) is 1. The Morgan fingerprint density at radius 2 is 2.40 bits per heavy atom. The van der Waals surface area contributed by atoms with Crippen LogP contribution in [0.1, 0.15) is 29.5 Å². The highest BCUT2D eigenvalue weighted by Gasteiger charge is 2.23. The molecule has 25 heavy (non-hydrogen) atoms. The van der Waals surface area contributed by atoms with E-state index in [0.29, 0.717) is 12.3 Å². The van der Waals surface area contributed by atoms with Crippen molar-refractivity contribution in [2.24, 2.45) is 5.92 Å². The lowest BCUT2D eigenvalue weighted by molar-refractivity contribution is -0.118. The number of thioether (sulfide) groups is 1. The maximum Gasteiger partial charge on any atom is 0.230 e. The van der Waals surface area contributed by atoms with Gasteiger partial charge in [0.25, 0.3) is 0 Å². The van der Waals surface area contributed by atoms with Gasteiger partial charge in [-0.1, -0.05) is 18.7 Å². The van der Waals surface area contributed by atoms with E-state index in [2.05, 4.69) is 22.2 Å². The maximum atomic E-state index is 12.1. The first-order chi connectivity index (χ1) is 12.2. The van der Waals surface area contributed by atoms with Crippen LogP contribution >= 0.6 is 23.1 Å². The predicted molar refractivity (Wildman–Crippen MR) is 99.9 cm³/mol. The molecule has 3 aromatic heterocycles. The zero-order valence-electron chi connectivity index (χ0n) is 13.9. The van der Waals surface area contributed by atoms with Crippen LogP contribution in [-0.4, -0.2) is 21.6 Å². The van der Waals surface area contributed by atoms with Crippen LogP contribution in [0.5, 0.6) is 0 Å². The van der Waals surface area contributed by atoms with Gasteiger partial charge in [-0.3, -0.25) is 4.79 Å². The van der Waals surface area contributed by atoms with Crippen molar-refractivity contribution in [1.82, 2.24) is 15.3 Å². The van der Waals surface area contributed by atoms with Gasteiger partial charge in [0.2, 0.25) is 5.91 Å². The molecule has 0 bridgehead atoms. The molecule has 4 rings (SSSR count). The second-order valence-electron chi connectivity index (χ2n) is 6.36. The van der Waals surface area contributed by atoms with E-state index in [1.165, 1.54) is 34.0 Å². The first-order valence-electron chi connectivity index (χ1n) is 8.38. The minimum Gasteiger partial charge on any atom is -0.467 e. The summed E-state index contributed by atoms with van der Waals surface area (Å²) in [6, 6.07) is 3.66. The van der Waals surface area contributed by atoms with Gasteiger partial charge >= 0.3 is 0 Å². The van der Waals surface area contributed by atoms with E-state index in [1.807, 2.05) is 12.1 Å². The molecule has 3 heterocycles. The Hall–Kier alpha value is -1.86. The summed E-state index contributed by atoms with van der Waals surface area (Å²) in [5, 5.41) is 4.96. The lowest BCUT2D eigenvalue weighted by atomic mass is 9.89. The van der Waals surface area contributed by atoms with Crippen molar-refractivity contribution in [3.8, 4) is 0 Å². The van der Waals surface area contributed by atoms with Crippen LogP contribution < -0.4 is 5.32 Å². The SMILES string of the molecule is C[C@@H]1CCc2c(sc3ncnc(SCC(=O)NCc4ccco4)c23)C1. The van der Waals surface area contributed by atoms with Crippen molar-refractivity contribution in [3.05, 3.63) is 40.9 Å². The third kappa shape index (κ3) is 3.57. The van der Waals surface area contributed by atoms with E-state index < -0.39 is 0 Å². The molecule has 0 aliphatic heterocycles. The Morgan fingerprint density at radius 1 is 1.48 bits per heavy atom. The van der Waals surface area contributed by atoms with E-state index in [4.69, 9.17) is 4.42 Å². The molecule has 0 fully saturated rings. The highest BCUT2D eigenvalue weighted by Crippen LogP contribution is 2.40. The molecule has 5 nitrogen and oxygen atoms in total. The van der Waals surface area contributed by atoms with Crippen LogP contribution in [0.2, 0.25) is 0 Å². The number of carbonyl (C=O) groups excluding carboxylic acids is 1. The number of furan rings is 1. The molecule has 1 N–H and O–H groups in total. The van der Waals surface area contributed by atoms with Gasteiger partial charge < -0.3 is 9.73 Å². The fourth-order valence-corrected chi connectivity index (χ4v) is 5.41. The van der Waals surface area contributed by atoms with Gasteiger partial charge in [-0.2, -0.15) is 0 Å². The summed E-state index contributed by atoms with van der Waals surface area (Å²) in [5.41, 5.74) is 1.40. The van der Waals surface area contributed by atoms with Crippen LogP contribution in [0.15, 0.2) is 34.2 Å². The third-order valence-electron chi connectivity index (χ3n) is 4.44. The normalized spacial score (nSPS) is 16.8. The summed E-state index contributed by atoms with van der Waals surface area (Å²) < 4.78 is 5.22. The van der Waals surface area contributed by atoms with Crippen LogP contribution in [0, 0.1) is 5.92 Å². The molecule has 0 unspecified atom stereocenters.